The van der Waals surface area contributed by atoms with Crippen molar-refractivity contribution >= 4 is 0 Å². The van der Waals surface area contributed by atoms with E-state index in [9.17, 15) is 5.11 Å². The fraction of sp³-hybridized carbons (Fsp3) is 0.421. The summed E-state index contributed by atoms with van der Waals surface area (Å²) in [5, 5.41) is 10.9. The fourth-order valence-corrected chi connectivity index (χ4v) is 3.06. The van der Waals surface area contributed by atoms with Crippen LogP contribution in [-0.2, 0) is 28.3 Å². The topological polar surface area (TPSA) is 60.8 Å². The van der Waals surface area contributed by atoms with Crippen LogP contribution in [0, 0.1) is 0 Å². The summed E-state index contributed by atoms with van der Waals surface area (Å²) < 4.78 is 16.3. The zero-order valence-electron chi connectivity index (χ0n) is 14.1. The van der Waals surface area contributed by atoms with Crippen LogP contribution in [-0.4, -0.2) is 30.4 Å². The van der Waals surface area contributed by atoms with Crippen molar-refractivity contribution < 1.29 is 19.3 Å². The van der Waals surface area contributed by atoms with Gasteiger partial charge >= 0.3 is 0 Å². The number of hydrogen-bond donors (Lipinski definition) is 1. The minimum Gasteiger partial charge on any atom is -0.481 e. The molecule has 1 N–H and O–H groups in total. The molecule has 1 aromatic heterocycles. The van der Waals surface area contributed by atoms with Gasteiger partial charge in [0, 0.05) is 31.7 Å². The van der Waals surface area contributed by atoms with Crippen LogP contribution in [0.1, 0.15) is 29.5 Å². The third-order valence-corrected chi connectivity index (χ3v) is 4.37. The van der Waals surface area contributed by atoms with Crippen molar-refractivity contribution in [3.63, 3.8) is 0 Å². The molecule has 0 unspecified atom stereocenters. The van der Waals surface area contributed by atoms with Crippen LogP contribution in [0.3, 0.4) is 0 Å². The molecule has 1 aromatic carbocycles. The average Bonchev–Trinajstić information content (AvgIpc) is 2.59. The first-order chi connectivity index (χ1) is 11.6. The molecule has 5 heteroatoms. The van der Waals surface area contributed by atoms with Gasteiger partial charge in [-0.1, -0.05) is 30.3 Å². The zero-order valence-corrected chi connectivity index (χ0v) is 14.1. The molecule has 1 saturated carbocycles. The number of pyridine rings is 1. The Bertz CT molecular complexity index is 668. The highest BCUT2D eigenvalue weighted by molar-refractivity contribution is 5.37. The van der Waals surface area contributed by atoms with Crippen molar-refractivity contribution in [2.75, 3.05) is 14.2 Å². The highest BCUT2D eigenvalue weighted by atomic mass is 16.5. The molecule has 5 nitrogen and oxygen atoms in total. The molecule has 0 atom stereocenters. The molecular formula is C19H23NO4. The standard InChI is InChI=1S/C19H23NO4/c1-22-12-15-8-17(18(23-2)20-11-15)19(21)9-16(10-19)24-13-14-6-4-3-5-7-14/h3-8,11,16,21H,9-10,12-13H2,1-2H3. The second-order valence-corrected chi connectivity index (χ2v) is 6.19. The number of ether oxygens (including phenoxy) is 3. The maximum absolute atomic E-state index is 10.9. The lowest BCUT2D eigenvalue weighted by Gasteiger charge is -2.43. The summed E-state index contributed by atoms with van der Waals surface area (Å²) >= 11 is 0. The molecule has 0 bridgehead atoms. The van der Waals surface area contributed by atoms with Crippen LogP contribution < -0.4 is 4.74 Å². The van der Waals surface area contributed by atoms with E-state index in [4.69, 9.17) is 14.2 Å². The van der Waals surface area contributed by atoms with Crippen molar-refractivity contribution in [1.29, 1.82) is 0 Å². The lowest BCUT2D eigenvalue weighted by atomic mass is 9.72. The van der Waals surface area contributed by atoms with E-state index in [0.717, 1.165) is 11.1 Å². The summed E-state index contributed by atoms with van der Waals surface area (Å²) in [5.41, 5.74) is 1.80. The second kappa shape index (κ2) is 7.30. The van der Waals surface area contributed by atoms with Crippen molar-refractivity contribution in [2.24, 2.45) is 0 Å². The molecule has 2 aromatic rings. The van der Waals surface area contributed by atoms with Crippen LogP contribution >= 0.6 is 0 Å². The number of rotatable bonds is 7. The van der Waals surface area contributed by atoms with Crippen LogP contribution in [0.4, 0.5) is 0 Å². The summed E-state index contributed by atoms with van der Waals surface area (Å²) in [6.45, 7) is 1.01. The normalized spacial score (nSPS) is 22.9. The number of methoxy groups -OCH3 is 2. The molecule has 1 fully saturated rings. The van der Waals surface area contributed by atoms with Gasteiger partial charge in [0.2, 0.25) is 5.88 Å². The quantitative estimate of drug-likeness (QED) is 0.846. The fourth-order valence-electron chi connectivity index (χ4n) is 3.06. The maximum Gasteiger partial charge on any atom is 0.219 e. The molecule has 0 amide bonds. The molecule has 1 heterocycles. The Labute approximate surface area is 142 Å². The smallest absolute Gasteiger partial charge is 0.219 e. The number of benzene rings is 1. The first-order valence-electron chi connectivity index (χ1n) is 8.05. The molecule has 0 saturated heterocycles. The maximum atomic E-state index is 10.9. The van der Waals surface area contributed by atoms with Crippen LogP contribution in [0.15, 0.2) is 42.6 Å². The molecule has 1 aliphatic carbocycles. The van der Waals surface area contributed by atoms with E-state index in [1.165, 1.54) is 0 Å². The number of nitrogens with zero attached hydrogens (tertiary/aromatic N) is 1. The number of aliphatic hydroxyl groups is 1. The van der Waals surface area contributed by atoms with Gasteiger partial charge in [-0.15, -0.1) is 0 Å². The number of aromatic nitrogens is 1. The van der Waals surface area contributed by atoms with Crippen LogP contribution in [0.5, 0.6) is 5.88 Å². The van der Waals surface area contributed by atoms with Gasteiger partial charge in [0.25, 0.3) is 0 Å². The Morgan fingerprint density at radius 1 is 1.12 bits per heavy atom. The minimum absolute atomic E-state index is 0.0333. The van der Waals surface area contributed by atoms with Gasteiger partial charge in [-0.2, -0.15) is 0 Å². The van der Waals surface area contributed by atoms with Crippen molar-refractivity contribution in [1.82, 2.24) is 4.98 Å². The molecule has 1 aliphatic rings. The number of hydrogen-bond acceptors (Lipinski definition) is 5. The van der Waals surface area contributed by atoms with Gasteiger partial charge in [0.1, 0.15) is 0 Å². The molecule has 24 heavy (non-hydrogen) atoms. The van der Waals surface area contributed by atoms with E-state index >= 15 is 0 Å². The molecular weight excluding hydrogens is 306 g/mol. The highest BCUT2D eigenvalue weighted by Gasteiger charge is 2.47. The predicted octanol–water partition coefficient (Wildman–Crippen LogP) is 2.80. The first-order valence-corrected chi connectivity index (χ1v) is 8.05. The van der Waals surface area contributed by atoms with Crippen molar-refractivity contribution in [2.45, 2.75) is 37.8 Å². The molecule has 0 aliphatic heterocycles. The molecule has 0 spiro atoms. The van der Waals surface area contributed by atoms with E-state index in [1.54, 1.807) is 20.4 Å². The Morgan fingerprint density at radius 2 is 1.88 bits per heavy atom. The van der Waals surface area contributed by atoms with E-state index < -0.39 is 5.60 Å². The van der Waals surface area contributed by atoms with E-state index in [0.29, 0.717) is 37.5 Å². The third kappa shape index (κ3) is 3.59. The lowest BCUT2D eigenvalue weighted by Crippen LogP contribution is -2.46. The van der Waals surface area contributed by atoms with Gasteiger partial charge in [0.15, 0.2) is 0 Å². The van der Waals surface area contributed by atoms with Gasteiger partial charge in [-0.25, -0.2) is 4.98 Å². The third-order valence-electron chi connectivity index (χ3n) is 4.37. The van der Waals surface area contributed by atoms with E-state index in [1.807, 2.05) is 36.4 Å². The summed E-state index contributed by atoms with van der Waals surface area (Å²) in [5.74, 6) is 0.457. The van der Waals surface area contributed by atoms with Crippen LogP contribution in [0.2, 0.25) is 0 Å². The second-order valence-electron chi connectivity index (χ2n) is 6.19. The minimum atomic E-state index is -0.955. The molecule has 3 rings (SSSR count). The predicted molar refractivity (Wildman–Crippen MR) is 89.7 cm³/mol. The van der Waals surface area contributed by atoms with E-state index in [2.05, 4.69) is 4.98 Å². The summed E-state index contributed by atoms with van der Waals surface area (Å²) in [4.78, 5) is 4.28. The van der Waals surface area contributed by atoms with Gasteiger partial charge in [-0.05, 0) is 17.2 Å². The van der Waals surface area contributed by atoms with Crippen molar-refractivity contribution in [3.8, 4) is 5.88 Å². The lowest BCUT2D eigenvalue weighted by molar-refractivity contribution is -0.150. The largest absolute Gasteiger partial charge is 0.481 e. The SMILES string of the molecule is COCc1cnc(OC)c(C2(O)CC(OCc3ccccc3)C2)c1. The average molecular weight is 329 g/mol. The van der Waals surface area contributed by atoms with E-state index in [-0.39, 0.29) is 6.10 Å². The zero-order chi connectivity index (χ0) is 17.0. The van der Waals surface area contributed by atoms with Gasteiger partial charge in [-0.3, -0.25) is 0 Å². The Morgan fingerprint density at radius 3 is 2.54 bits per heavy atom. The first kappa shape index (κ1) is 16.9. The van der Waals surface area contributed by atoms with Crippen molar-refractivity contribution in [3.05, 3.63) is 59.3 Å². The summed E-state index contributed by atoms with van der Waals surface area (Å²) in [6, 6.07) is 11.9. The summed E-state index contributed by atoms with van der Waals surface area (Å²) in [7, 11) is 3.20. The molecule has 128 valence electrons. The molecule has 0 radical (unpaired) electrons. The Balaban J connectivity index is 1.64. The van der Waals surface area contributed by atoms with Gasteiger partial charge in [0.05, 0.1) is 32.0 Å². The monoisotopic (exact) mass is 329 g/mol. The summed E-state index contributed by atoms with van der Waals surface area (Å²) in [6.07, 6.45) is 2.81. The highest BCUT2D eigenvalue weighted by Crippen LogP contribution is 2.46. The Hall–Kier alpha value is -1.95. The van der Waals surface area contributed by atoms with Crippen LogP contribution in [0.25, 0.3) is 0 Å². The van der Waals surface area contributed by atoms with Gasteiger partial charge < -0.3 is 19.3 Å². The Kier molecular flexibility index (Phi) is 5.14.